The molecular formula is C21H15BrN2O3S. The number of carbonyl (C=O) groups excluding carboxylic acids is 1. The van der Waals surface area contributed by atoms with E-state index < -0.39 is 0 Å². The smallest absolute Gasteiger partial charge is 0.267 e. The number of phenols is 1. The van der Waals surface area contributed by atoms with Crippen LogP contribution in [0.5, 0.6) is 5.75 Å². The fourth-order valence-electron chi connectivity index (χ4n) is 2.67. The van der Waals surface area contributed by atoms with Crippen LogP contribution in [0.3, 0.4) is 0 Å². The number of hydrogen-bond donors (Lipinski definition) is 1. The lowest BCUT2D eigenvalue weighted by Crippen LogP contribution is -2.28. The van der Waals surface area contributed by atoms with Crippen molar-refractivity contribution in [3.8, 4) is 5.75 Å². The molecule has 0 saturated carbocycles. The summed E-state index contributed by atoms with van der Waals surface area (Å²) in [5.74, 6) is 0.696. The molecule has 1 fully saturated rings. The van der Waals surface area contributed by atoms with Crippen molar-refractivity contribution in [2.45, 2.75) is 6.54 Å². The standard InChI is InChI=1S/C21H15BrN2O3S/c22-17-11-14(8-9-18(17)25)12-19-20(26)24(13-16-7-4-10-27-16)21(28-19)23-15-5-2-1-3-6-15/h1-12,25H,13H2/b19-12-,23-21?. The average Bonchev–Trinajstić information content (AvgIpc) is 3.30. The number of amides is 1. The molecule has 1 N–H and O–H groups in total. The Kier molecular flexibility index (Phi) is 5.36. The summed E-state index contributed by atoms with van der Waals surface area (Å²) in [4.78, 5) is 19.9. The zero-order chi connectivity index (χ0) is 19.5. The van der Waals surface area contributed by atoms with Gasteiger partial charge >= 0.3 is 0 Å². The molecule has 1 amide bonds. The molecular weight excluding hydrogens is 440 g/mol. The summed E-state index contributed by atoms with van der Waals surface area (Å²) in [6.07, 6.45) is 3.38. The number of rotatable bonds is 4. The minimum Gasteiger partial charge on any atom is -0.507 e. The van der Waals surface area contributed by atoms with Crippen molar-refractivity contribution >= 4 is 50.5 Å². The summed E-state index contributed by atoms with van der Waals surface area (Å²) < 4.78 is 5.99. The molecule has 1 aromatic heterocycles. The number of phenolic OH excluding ortho intramolecular Hbond substituents is 1. The molecule has 4 rings (SSSR count). The Balaban J connectivity index is 1.69. The maximum Gasteiger partial charge on any atom is 0.267 e. The van der Waals surface area contributed by atoms with Crippen LogP contribution in [0.15, 0.2) is 85.7 Å². The lowest BCUT2D eigenvalue weighted by atomic mass is 10.2. The summed E-state index contributed by atoms with van der Waals surface area (Å²) in [5, 5.41) is 10.3. The average molecular weight is 455 g/mol. The monoisotopic (exact) mass is 454 g/mol. The molecule has 140 valence electrons. The number of nitrogens with zero attached hydrogens (tertiary/aromatic N) is 2. The molecule has 1 saturated heterocycles. The van der Waals surface area contributed by atoms with Crippen molar-refractivity contribution in [3.63, 3.8) is 0 Å². The highest BCUT2D eigenvalue weighted by atomic mass is 79.9. The van der Waals surface area contributed by atoms with Crippen LogP contribution in [-0.2, 0) is 11.3 Å². The maximum atomic E-state index is 13.0. The molecule has 0 atom stereocenters. The zero-order valence-corrected chi connectivity index (χ0v) is 17.0. The van der Waals surface area contributed by atoms with E-state index in [2.05, 4.69) is 20.9 Å². The van der Waals surface area contributed by atoms with E-state index >= 15 is 0 Å². The number of furan rings is 1. The van der Waals surface area contributed by atoms with E-state index in [-0.39, 0.29) is 11.7 Å². The lowest BCUT2D eigenvalue weighted by molar-refractivity contribution is -0.122. The first-order valence-corrected chi connectivity index (χ1v) is 10.1. The van der Waals surface area contributed by atoms with Gasteiger partial charge in [0.05, 0.1) is 27.9 Å². The van der Waals surface area contributed by atoms with E-state index in [1.807, 2.05) is 36.4 Å². The lowest BCUT2D eigenvalue weighted by Gasteiger charge is -2.13. The Morgan fingerprint density at radius 3 is 2.68 bits per heavy atom. The number of aromatic hydroxyl groups is 1. The van der Waals surface area contributed by atoms with Crippen LogP contribution < -0.4 is 0 Å². The Morgan fingerprint density at radius 2 is 1.96 bits per heavy atom. The molecule has 1 aliphatic rings. The number of amidine groups is 1. The van der Waals surface area contributed by atoms with Crippen molar-refractivity contribution in [2.75, 3.05) is 0 Å². The highest BCUT2D eigenvalue weighted by Crippen LogP contribution is 2.36. The molecule has 5 nitrogen and oxygen atoms in total. The molecule has 2 heterocycles. The molecule has 1 aliphatic heterocycles. The van der Waals surface area contributed by atoms with Gasteiger partial charge in [-0.25, -0.2) is 4.99 Å². The first-order valence-electron chi connectivity index (χ1n) is 8.46. The summed E-state index contributed by atoms with van der Waals surface area (Å²) in [6.45, 7) is 0.307. The number of halogens is 1. The number of thioether (sulfide) groups is 1. The predicted molar refractivity (Wildman–Crippen MR) is 114 cm³/mol. The SMILES string of the molecule is O=C1/C(=C/c2ccc(O)c(Br)c2)SC(=Nc2ccccc2)N1Cc1ccco1. The normalized spacial score (nSPS) is 17.0. The third-order valence-corrected chi connectivity index (χ3v) is 5.67. The van der Waals surface area contributed by atoms with Crippen molar-refractivity contribution < 1.29 is 14.3 Å². The first kappa shape index (κ1) is 18.6. The van der Waals surface area contributed by atoms with Gasteiger partial charge in [0.25, 0.3) is 5.91 Å². The highest BCUT2D eigenvalue weighted by Gasteiger charge is 2.34. The van der Waals surface area contributed by atoms with Crippen molar-refractivity contribution in [1.29, 1.82) is 0 Å². The van der Waals surface area contributed by atoms with Gasteiger partial charge in [0.2, 0.25) is 0 Å². The van der Waals surface area contributed by atoms with Gasteiger partial charge in [-0.1, -0.05) is 24.3 Å². The van der Waals surface area contributed by atoms with Crippen molar-refractivity contribution in [3.05, 3.63) is 87.6 Å². The number of para-hydroxylation sites is 1. The summed E-state index contributed by atoms with van der Waals surface area (Å²) in [7, 11) is 0. The second-order valence-electron chi connectivity index (χ2n) is 6.02. The van der Waals surface area contributed by atoms with Crippen LogP contribution >= 0.6 is 27.7 Å². The van der Waals surface area contributed by atoms with Gasteiger partial charge < -0.3 is 9.52 Å². The number of carbonyl (C=O) groups is 1. The van der Waals surface area contributed by atoms with Gasteiger partial charge in [-0.15, -0.1) is 0 Å². The van der Waals surface area contributed by atoms with Gasteiger partial charge in [0.1, 0.15) is 11.5 Å². The molecule has 3 aromatic rings. The second-order valence-corrected chi connectivity index (χ2v) is 7.89. The third kappa shape index (κ3) is 4.05. The van der Waals surface area contributed by atoms with Crippen LogP contribution in [0.25, 0.3) is 6.08 Å². The minimum absolute atomic E-state index is 0.139. The van der Waals surface area contributed by atoms with Crippen molar-refractivity contribution in [1.82, 2.24) is 4.90 Å². The molecule has 7 heteroatoms. The fraction of sp³-hybridized carbons (Fsp3) is 0.0476. The number of hydrogen-bond acceptors (Lipinski definition) is 5. The Hall–Kier alpha value is -2.77. The highest BCUT2D eigenvalue weighted by molar-refractivity contribution is 9.10. The molecule has 0 aliphatic carbocycles. The van der Waals surface area contributed by atoms with Gasteiger partial charge in [-0.2, -0.15) is 0 Å². The van der Waals surface area contributed by atoms with Gasteiger partial charge in [0.15, 0.2) is 5.17 Å². The molecule has 2 aromatic carbocycles. The molecule has 28 heavy (non-hydrogen) atoms. The van der Waals surface area contributed by atoms with Crippen molar-refractivity contribution in [2.24, 2.45) is 4.99 Å². The van der Waals surface area contributed by atoms with Gasteiger partial charge in [0, 0.05) is 0 Å². The molecule has 0 radical (unpaired) electrons. The Bertz CT molecular complexity index is 1060. The topological polar surface area (TPSA) is 66.0 Å². The number of benzene rings is 2. The molecule has 0 bridgehead atoms. The van der Waals surface area contributed by atoms with E-state index in [1.165, 1.54) is 11.8 Å². The molecule has 0 spiro atoms. The van der Waals surface area contributed by atoms with E-state index in [1.54, 1.807) is 41.5 Å². The summed E-state index contributed by atoms with van der Waals surface area (Å²) in [6, 6.07) is 18.2. The van der Waals surface area contributed by atoms with Crippen LogP contribution in [0.2, 0.25) is 0 Å². The van der Waals surface area contributed by atoms with Gasteiger partial charge in [-0.05, 0) is 75.7 Å². The largest absolute Gasteiger partial charge is 0.507 e. The van der Waals surface area contributed by atoms with Crippen LogP contribution in [0.4, 0.5) is 5.69 Å². The Morgan fingerprint density at radius 1 is 1.14 bits per heavy atom. The van der Waals surface area contributed by atoms with E-state index in [4.69, 9.17) is 4.42 Å². The summed E-state index contributed by atoms with van der Waals surface area (Å²) >= 11 is 4.62. The first-order chi connectivity index (χ1) is 13.6. The Labute approximate surface area is 174 Å². The summed E-state index contributed by atoms with van der Waals surface area (Å²) in [5.41, 5.74) is 1.58. The molecule has 0 unspecified atom stereocenters. The van der Waals surface area contributed by atoms with Crippen LogP contribution in [0, 0.1) is 0 Å². The van der Waals surface area contributed by atoms with Crippen LogP contribution in [0.1, 0.15) is 11.3 Å². The quantitative estimate of drug-likeness (QED) is 0.524. The van der Waals surface area contributed by atoms with Crippen LogP contribution in [-0.4, -0.2) is 21.1 Å². The van der Waals surface area contributed by atoms with E-state index in [9.17, 15) is 9.90 Å². The van der Waals surface area contributed by atoms with E-state index in [0.29, 0.717) is 26.9 Å². The number of aliphatic imine (C=N–C) groups is 1. The zero-order valence-electron chi connectivity index (χ0n) is 14.6. The van der Waals surface area contributed by atoms with E-state index in [0.717, 1.165) is 11.3 Å². The second kappa shape index (κ2) is 8.08. The predicted octanol–water partition coefficient (Wildman–Crippen LogP) is 5.55. The van der Waals surface area contributed by atoms with Gasteiger partial charge in [-0.3, -0.25) is 9.69 Å². The minimum atomic E-state index is -0.139. The third-order valence-electron chi connectivity index (χ3n) is 4.03. The maximum absolute atomic E-state index is 13.0. The fourth-order valence-corrected chi connectivity index (χ4v) is 4.06.